The summed E-state index contributed by atoms with van der Waals surface area (Å²) >= 11 is 0. The second kappa shape index (κ2) is 38.6. The number of nitrogens with one attached hydrogen (secondary N) is 5. The smallest absolute Gasteiger partial charge is 0.404 e. The van der Waals surface area contributed by atoms with Crippen molar-refractivity contribution in [2.24, 2.45) is 17.4 Å². The number of ether oxygens (including phenoxy) is 10. The minimum Gasteiger partial charge on any atom is -0.479 e. The number of benzene rings is 2. The van der Waals surface area contributed by atoms with Gasteiger partial charge < -0.3 is 131 Å². The van der Waals surface area contributed by atoms with Gasteiger partial charge in [-0.25, -0.2) is 25.1 Å². The number of nitrogens with two attached hydrogens (primary N) is 3. The Morgan fingerprint density at radius 1 is 0.500 bits per heavy atom. The van der Waals surface area contributed by atoms with E-state index < -0.39 is 115 Å². The Labute approximate surface area is 501 Å². The van der Waals surface area contributed by atoms with E-state index in [1.165, 1.54) is 36.4 Å². The summed E-state index contributed by atoms with van der Waals surface area (Å²) in [4.78, 5) is 115. The molecule has 0 bridgehead atoms. The van der Waals surface area contributed by atoms with Gasteiger partial charge in [0.1, 0.15) is 67.4 Å². The number of aliphatic hydroxyl groups is 6. The molecule has 0 spiro atoms. The summed E-state index contributed by atoms with van der Waals surface area (Å²) in [6, 6.07) is 6.82. The van der Waals surface area contributed by atoms with Gasteiger partial charge in [0, 0.05) is 39.0 Å². The number of aliphatic carboxylic acids is 2. The maximum absolute atomic E-state index is 13.3. The highest BCUT2D eigenvalue weighted by molar-refractivity contribution is 5.98. The Balaban J connectivity index is 1.09. The predicted octanol–water partition coefficient (Wildman–Crippen LogP) is -5.80. The number of unbranched alkanes of at least 4 members (excludes halogenated alkanes) is 1. The van der Waals surface area contributed by atoms with Crippen molar-refractivity contribution >= 4 is 53.7 Å². The number of primary amides is 2. The fourth-order valence-electron chi connectivity index (χ4n) is 8.07. The Kier molecular flexibility index (Phi) is 31.9. The summed E-state index contributed by atoms with van der Waals surface area (Å²) in [6.07, 6.45) is -20.6. The third-order valence-corrected chi connectivity index (χ3v) is 12.6. The molecule has 4 rings (SSSR count). The van der Waals surface area contributed by atoms with Crippen LogP contribution in [-0.4, -0.2) is 248 Å². The first-order valence-electron chi connectivity index (χ1n) is 27.3. The molecule has 11 atom stereocenters. The molecule has 2 aromatic carbocycles. The largest absolute Gasteiger partial charge is 0.479 e. The second-order valence-electron chi connectivity index (χ2n) is 19.2. The van der Waals surface area contributed by atoms with Crippen molar-refractivity contribution in [3.8, 4) is 11.5 Å². The maximum Gasteiger partial charge on any atom is 0.404 e. The lowest BCUT2D eigenvalue weighted by Gasteiger charge is -2.38. The van der Waals surface area contributed by atoms with Crippen molar-refractivity contribution in [2.45, 2.75) is 113 Å². The third-order valence-electron chi connectivity index (χ3n) is 12.6. The molecule has 36 nitrogen and oxygen atoms in total. The Morgan fingerprint density at radius 2 is 0.932 bits per heavy atom. The topological polar surface area (TPSA) is 555 Å². The molecule has 2 aliphatic rings. The molecule has 0 unspecified atom stereocenters. The van der Waals surface area contributed by atoms with E-state index in [9.17, 15) is 84.0 Å². The standard InChI is InChI=1S/C52H76N8O28/c53-51(76)82-25-27-4-6-32(85-49-40(67)36(63)38(65)42(87-49)47(72)73)29(23-27)44(69)57-11-16-80-21-19-78-14-8-34(61)56-10-2-1-3-31(46(71)59-13-18-84-55)60-35(62)9-15-79-20-22-81-17-12-58-45(70)30-24-28(26-83-52(54)77)5-7-33(30)86-50-41(68)37(64)39(66)43(88-50)48(74)75/h4-7,23-24,31,36-43,49-50,63-68H,1-3,8-22,25-26,55H2,(H2,53,76)(H2,54,77)(H,56,61)(H,57,69)(H,58,70)(H,59,71)(H,60,62)(H,72,73)(H,74,75)/t31-,36-,37-,38-,39-,40+,41+,42-,43-,49+,50+/m0/s1. The second-order valence-corrected chi connectivity index (χ2v) is 19.2. The predicted molar refractivity (Wildman–Crippen MR) is 291 cm³/mol. The van der Waals surface area contributed by atoms with Crippen LogP contribution in [0.3, 0.4) is 0 Å². The molecule has 492 valence electrons. The summed E-state index contributed by atoms with van der Waals surface area (Å²) in [5, 5.41) is 93.2. The summed E-state index contributed by atoms with van der Waals surface area (Å²) in [6.45, 7) is -0.214. The number of hydrogen-bond donors (Lipinski definition) is 16. The van der Waals surface area contributed by atoms with Gasteiger partial charge in [-0.1, -0.05) is 12.1 Å². The molecule has 2 saturated heterocycles. The Morgan fingerprint density at radius 3 is 1.36 bits per heavy atom. The molecule has 2 aliphatic heterocycles. The van der Waals surface area contributed by atoms with Gasteiger partial charge in [0.05, 0.1) is 70.6 Å². The van der Waals surface area contributed by atoms with Gasteiger partial charge in [-0.2, -0.15) is 0 Å². The van der Waals surface area contributed by atoms with Crippen LogP contribution < -0.4 is 53.4 Å². The number of rotatable bonds is 40. The highest BCUT2D eigenvalue weighted by Crippen LogP contribution is 2.30. The molecule has 0 aliphatic carbocycles. The number of carboxylic acid groups (broad SMARTS) is 2. The van der Waals surface area contributed by atoms with Crippen LogP contribution in [-0.2, 0) is 79.9 Å². The molecule has 2 fully saturated rings. The molecule has 0 saturated carbocycles. The van der Waals surface area contributed by atoms with Crippen molar-refractivity contribution in [2.75, 3.05) is 85.6 Å². The summed E-state index contributed by atoms with van der Waals surface area (Å²) in [7, 11) is 0. The monoisotopic (exact) mass is 1260 g/mol. The normalized spacial score (nSPS) is 21.8. The van der Waals surface area contributed by atoms with Gasteiger partial charge in [-0.3, -0.25) is 24.0 Å². The molecule has 2 heterocycles. The van der Waals surface area contributed by atoms with Gasteiger partial charge in [0.15, 0.2) is 12.2 Å². The lowest BCUT2D eigenvalue weighted by atomic mass is 9.99. The first-order chi connectivity index (χ1) is 42.0. The zero-order valence-corrected chi connectivity index (χ0v) is 47.4. The van der Waals surface area contributed by atoms with Crippen LogP contribution >= 0.6 is 0 Å². The molecule has 88 heavy (non-hydrogen) atoms. The fourth-order valence-corrected chi connectivity index (χ4v) is 8.07. The molecule has 0 radical (unpaired) electrons. The maximum atomic E-state index is 13.3. The summed E-state index contributed by atoms with van der Waals surface area (Å²) < 4.78 is 53.0. The lowest BCUT2D eigenvalue weighted by Crippen LogP contribution is -2.61. The van der Waals surface area contributed by atoms with Gasteiger partial charge >= 0.3 is 24.1 Å². The molecule has 2 aromatic rings. The minimum absolute atomic E-state index is 0.000977. The van der Waals surface area contributed by atoms with Crippen molar-refractivity contribution in [1.29, 1.82) is 0 Å². The zero-order valence-electron chi connectivity index (χ0n) is 47.4. The molecular formula is C52H76N8O28. The van der Waals surface area contributed by atoms with Gasteiger partial charge in [0.2, 0.25) is 30.3 Å². The first kappa shape index (κ1) is 72.8. The van der Waals surface area contributed by atoms with Gasteiger partial charge in [-0.05, 0) is 54.7 Å². The number of hydrogen-bond acceptors (Lipinski definition) is 27. The van der Waals surface area contributed by atoms with Crippen LogP contribution in [0.2, 0.25) is 0 Å². The molecule has 19 N–H and O–H groups in total. The fraction of sp³-hybridized carbons (Fsp3) is 0.596. The number of carbonyl (C=O) groups excluding carboxylic acids is 7. The minimum atomic E-state index is -1.99. The molecule has 36 heteroatoms. The van der Waals surface area contributed by atoms with Crippen molar-refractivity contribution in [3.63, 3.8) is 0 Å². The van der Waals surface area contributed by atoms with Crippen LogP contribution in [0.25, 0.3) is 0 Å². The van der Waals surface area contributed by atoms with E-state index in [1.54, 1.807) is 0 Å². The van der Waals surface area contributed by atoms with Crippen molar-refractivity contribution < 1.29 is 136 Å². The van der Waals surface area contributed by atoms with Crippen LogP contribution in [0, 0.1) is 0 Å². The average molecular weight is 1260 g/mol. The first-order valence-corrected chi connectivity index (χ1v) is 27.3. The SMILES string of the molecule is NOCCNC(=O)[C@H](CCCCNC(=O)CCOCCOCCNC(=O)c1cc(COC(N)=O)ccc1O[C@@H]1O[C@H](C(=O)O)[C@@H](O)[C@H](O)[C@H]1O)NC(=O)CCOCCOCCNC(=O)c1cc(COC(N)=O)ccc1O[C@@H]1O[C@H](C(=O)O)[C@@H](O)[C@H](O)[C@H]1O. The van der Waals surface area contributed by atoms with Crippen molar-refractivity contribution in [1.82, 2.24) is 26.6 Å². The number of carbonyl (C=O) groups is 9. The van der Waals surface area contributed by atoms with Crippen LogP contribution in [0.15, 0.2) is 36.4 Å². The van der Waals surface area contributed by atoms with E-state index in [0.717, 1.165) is 0 Å². The van der Waals surface area contributed by atoms with E-state index >= 15 is 0 Å². The Bertz CT molecular complexity index is 2610. The van der Waals surface area contributed by atoms with Gasteiger partial charge in [-0.15, -0.1) is 0 Å². The summed E-state index contributed by atoms with van der Waals surface area (Å²) in [5.41, 5.74) is 10.3. The van der Waals surface area contributed by atoms with Crippen molar-refractivity contribution in [3.05, 3.63) is 58.7 Å². The average Bonchev–Trinajstić information content (AvgIpc) is 1.86. The number of carboxylic acids is 2. The van der Waals surface area contributed by atoms with Crippen LogP contribution in [0.5, 0.6) is 11.5 Å². The van der Waals surface area contributed by atoms with E-state index in [2.05, 4.69) is 31.4 Å². The van der Waals surface area contributed by atoms with E-state index in [0.29, 0.717) is 12.8 Å². The van der Waals surface area contributed by atoms with Crippen LogP contribution in [0.4, 0.5) is 9.59 Å². The quantitative estimate of drug-likeness (QED) is 0.0218. The highest BCUT2D eigenvalue weighted by atomic mass is 16.7. The zero-order chi connectivity index (χ0) is 64.7. The molecule has 7 amide bonds. The molecular weight excluding hydrogens is 1180 g/mol. The third kappa shape index (κ3) is 24.8. The Hall–Kier alpha value is -7.69. The summed E-state index contributed by atoms with van der Waals surface area (Å²) in [5.74, 6) is -1.51. The van der Waals surface area contributed by atoms with E-state index in [4.69, 9.17) is 64.7 Å². The van der Waals surface area contributed by atoms with Gasteiger partial charge in [0.25, 0.3) is 11.8 Å². The lowest BCUT2D eigenvalue weighted by molar-refractivity contribution is -0.271. The number of aliphatic hydroxyl groups excluding tert-OH is 6. The number of amides is 7. The molecule has 0 aromatic heterocycles. The van der Waals surface area contributed by atoms with Crippen LogP contribution in [0.1, 0.15) is 63.9 Å². The highest BCUT2D eigenvalue weighted by Gasteiger charge is 2.49. The van der Waals surface area contributed by atoms with E-state index in [1.807, 2.05) is 0 Å². The van der Waals surface area contributed by atoms with E-state index in [-0.39, 0.29) is 158 Å².